The van der Waals surface area contributed by atoms with Crippen LogP contribution in [0.1, 0.15) is 61.7 Å². The van der Waals surface area contributed by atoms with Gasteiger partial charge in [0.2, 0.25) is 5.91 Å². The molecule has 4 bridgehead atoms. The number of hydrazine groups is 1. The summed E-state index contributed by atoms with van der Waals surface area (Å²) in [6, 6.07) is 7.06. The second-order valence-corrected chi connectivity index (χ2v) is 9.58. The summed E-state index contributed by atoms with van der Waals surface area (Å²) in [4.78, 5) is 25.6. The van der Waals surface area contributed by atoms with Gasteiger partial charge in [0, 0.05) is 12.2 Å². The van der Waals surface area contributed by atoms with Crippen LogP contribution in [-0.4, -0.2) is 31.1 Å². The Labute approximate surface area is 171 Å². The Bertz CT molecular complexity index is 752. The van der Waals surface area contributed by atoms with E-state index >= 15 is 0 Å². The molecule has 1 aromatic rings. The van der Waals surface area contributed by atoms with Crippen LogP contribution in [-0.2, 0) is 9.53 Å². The molecule has 5 fully saturated rings. The first-order chi connectivity index (χ1) is 14.1. The van der Waals surface area contributed by atoms with Crippen molar-refractivity contribution in [3.63, 3.8) is 0 Å². The molecule has 2 N–H and O–H groups in total. The summed E-state index contributed by atoms with van der Waals surface area (Å²) in [6.07, 6.45) is 9.02. The summed E-state index contributed by atoms with van der Waals surface area (Å²) in [5.74, 6) is 2.41. The van der Waals surface area contributed by atoms with E-state index in [1.807, 2.05) is 6.07 Å². The number of rotatable bonds is 5. The van der Waals surface area contributed by atoms with Gasteiger partial charge in [0.15, 0.2) is 0 Å². The zero-order chi connectivity index (χ0) is 19.8. The first-order valence-corrected chi connectivity index (χ1v) is 11.0. The number of benzene rings is 1. The Morgan fingerprint density at radius 2 is 1.79 bits per heavy atom. The maximum Gasteiger partial charge on any atom is 0.269 e. The van der Waals surface area contributed by atoms with Crippen LogP contribution in [0.2, 0.25) is 0 Å². The van der Waals surface area contributed by atoms with Crippen molar-refractivity contribution in [1.82, 2.24) is 10.9 Å². The number of ether oxygens (including phenoxy) is 2. The molecule has 0 spiro atoms. The molecule has 5 aliphatic rings. The minimum Gasteiger partial charge on any atom is -0.491 e. The van der Waals surface area contributed by atoms with Crippen molar-refractivity contribution >= 4 is 11.8 Å². The van der Waals surface area contributed by atoms with Gasteiger partial charge in [-0.1, -0.05) is 6.07 Å². The molecular formula is C23H30N2O4. The van der Waals surface area contributed by atoms with E-state index in [2.05, 4.69) is 10.9 Å². The summed E-state index contributed by atoms with van der Waals surface area (Å²) in [6.45, 7) is 1.29. The third-order valence-electron chi connectivity index (χ3n) is 7.37. The lowest BCUT2D eigenvalue weighted by Gasteiger charge is -2.55. The molecule has 1 heterocycles. The number of hydrogen-bond donors (Lipinski definition) is 2. The molecule has 0 aromatic heterocycles. The highest BCUT2D eigenvalue weighted by Gasteiger charge is 2.54. The van der Waals surface area contributed by atoms with E-state index in [4.69, 9.17) is 9.47 Å². The second-order valence-electron chi connectivity index (χ2n) is 9.58. The highest BCUT2D eigenvalue weighted by Crippen LogP contribution is 2.60. The summed E-state index contributed by atoms with van der Waals surface area (Å²) in [5.41, 5.74) is 5.57. The second kappa shape index (κ2) is 7.63. The fourth-order valence-corrected chi connectivity index (χ4v) is 6.40. The van der Waals surface area contributed by atoms with E-state index in [0.717, 1.165) is 38.7 Å². The monoisotopic (exact) mass is 398 g/mol. The van der Waals surface area contributed by atoms with Gasteiger partial charge in [-0.25, -0.2) is 0 Å². The van der Waals surface area contributed by atoms with Gasteiger partial charge in [-0.2, -0.15) is 0 Å². The Hall–Kier alpha value is -2.08. The summed E-state index contributed by atoms with van der Waals surface area (Å²) in [5, 5.41) is 0. The average molecular weight is 399 g/mol. The quantitative estimate of drug-likeness (QED) is 0.747. The van der Waals surface area contributed by atoms with E-state index in [9.17, 15) is 9.59 Å². The molecule has 1 aliphatic heterocycles. The fraction of sp³-hybridized carbons (Fsp3) is 0.652. The zero-order valence-electron chi connectivity index (χ0n) is 16.8. The van der Waals surface area contributed by atoms with Crippen LogP contribution in [0.5, 0.6) is 5.75 Å². The standard InChI is InChI=1S/C23H30N2O4/c26-21(18-3-1-4-19(10-18)29-14-20-5-2-6-28-20)24-25-22(27)23-11-15-7-16(12-23)9-17(8-15)13-23/h1,3-4,10,15-17,20H,2,5-9,11-14H2,(H,24,26)(H,25,27). The number of hydrogen-bond acceptors (Lipinski definition) is 4. The molecule has 1 aromatic carbocycles. The molecule has 1 unspecified atom stereocenters. The van der Waals surface area contributed by atoms with E-state index in [0.29, 0.717) is 35.7 Å². The summed E-state index contributed by atoms with van der Waals surface area (Å²) >= 11 is 0. The van der Waals surface area contributed by atoms with Gasteiger partial charge in [0.25, 0.3) is 5.91 Å². The predicted molar refractivity (Wildman–Crippen MR) is 107 cm³/mol. The summed E-state index contributed by atoms with van der Waals surface area (Å²) in [7, 11) is 0. The predicted octanol–water partition coefficient (Wildman–Crippen LogP) is 3.22. The molecular weight excluding hydrogens is 368 g/mol. The van der Waals surface area contributed by atoms with E-state index < -0.39 is 0 Å². The fourth-order valence-electron chi connectivity index (χ4n) is 6.40. The summed E-state index contributed by atoms with van der Waals surface area (Å²) < 4.78 is 11.3. The molecule has 4 saturated carbocycles. The van der Waals surface area contributed by atoms with Crippen LogP contribution in [0, 0.1) is 23.2 Å². The lowest BCUT2D eigenvalue weighted by Crippen LogP contribution is -2.56. The SMILES string of the molecule is O=C(NNC(=O)C12CC3CC(CC(C3)C1)C2)c1cccc(OCC2CCCO2)c1. The van der Waals surface area contributed by atoms with Gasteiger partial charge in [-0.15, -0.1) is 0 Å². The van der Waals surface area contributed by atoms with Crippen molar-refractivity contribution in [2.75, 3.05) is 13.2 Å². The van der Waals surface area contributed by atoms with Crippen molar-refractivity contribution < 1.29 is 19.1 Å². The lowest BCUT2D eigenvalue weighted by atomic mass is 9.49. The van der Waals surface area contributed by atoms with Gasteiger partial charge in [0.05, 0.1) is 11.5 Å². The van der Waals surface area contributed by atoms with Crippen LogP contribution in [0.25, 0.3) is 0 Å². The van der Waals surface area contributed by atoms with Gasteiger partial charge in [0.1, 0.15) is 12.4 Å². The van der Waals surface area contributed by atoms with E-state index in [-0.39, 0.29) is 23.3 Å². The molecule has 0 radical (unpaired) electrons. The Morgan fingerprint density at radius 1 is 1.07 bits per heavy atom. The molecule has 6 rings (SSSR count). The van der Waals surface area contributed by atoms with Gasteiger partial charge in [-0.05, 0) is 87.3 Å². The first kappa shape index (κ1) is 18.9. The molecule has 1 saturated heterocycles. The average Bonchev–Trinajstić information content (AvgIpc) is 3.23. The molecule has 6 nitrogen and oxygen atoms in total. The van der Waals surface area contributed by atoms with Crippen molar-refractivity contribution in [1.29, 1.82) is 0 Å². The molecule has 1 atom stereocenters. The minimum atomic E-state index is -0.314. The Morgan fingerprint density at radius 3 is 2.45 bits per heavy atom. The highest BCUT2D eigenvalue weighted by atomic mass is 16.5. The maximum atomic E-state index is 13.0. The number of carbonyl (C=O) groups excluding carboxylic acids is 2. The highest BCUT2D eigenvalue weighted by molar-refractivity contribution is 5.96. The number of nitrogens with one attached hydrogen (secondary N) is 2. The number of carbonyl (C=O) groups is 2. The Balaban J connectivity index is 1.16. The first-order valence-electron chi connectivity index (χ1n) is 11.0. The normalized spacial score (nSPS) is 34.8. The topological polar surface area (TPSA) is 76.7 Å². The van der Waals surface area contributed by atoms with Gasteiger partial charge < -0.3 is 9.47 Å². The van der Waals surface area contributed by atoms with Crippen LogP contribution >= 0.6 is 0 Å². The van der Waals surface area contributed by atoms with Crippen molar-refractivity contribution in [2.24, 2.45) is 23.2 Å². The van der Waals surface area contributed by atoms with Crippen molar-refractivity contribution in [3.05, 3.63) is 29.8 Å². The third kappa shape index (κ3) is 3.87. The maximum absolute atomic E-state index is 13.0. The molecule has 6 heteroatoms. The zero-order valence-corrected chi connectivity index (χ0v) is 16.8. The molecule has 4 aliphatic carbocycles. The molecule has 156 valence electrons. The van der Waals surface area contributed by atoms with Gasteiger partial charge >= 0.3 is 0 Å². The Kier molecular flexibility index (Phi) is 4.98. The van der Waals surface area contributed by atoms with Gasteiger partial charge in [-0.3, -0.25) is 20.4 Å². The lowest BCUT2D eigenvalue weighted by molar-refractivity contribution is -0.147. The third-order valence-corrected chi connectivity index (χ3v) is 7.37. The largest absolute Gasteiger partial charge is 0.491 e. The molecule has 29 heavy (non-hydrogen) atoms. The van der Waals surface area contributed by atoms with Crippen LogP contribution < -0.4 is 15.6 Å². The smallest absolute Gasteiger partial charge is 0.269 e. The van der Waals surface area contributed by atoms with E-state index in [1.165, 1.54) is 19.3 Å². The van der Waals surface area contributed by atoms with Crippen LogP contribution in [0.4, 0.5) is 0 Å². The van der Waals surface area contributed by atoms with E-state index in [1.54, 1.807) is 18.2 Å². The van der Waals surface area contributed by atoms with Crippen LogP contribution in [0.15, 0.2) is 24.3 Å². The minimum absolute atomic E-state index is 0.00395. The van der Waals surface area contributed by atoms with Crippen molar-refractivity contribution in [2.45, 2.75) is 57.5 Å². The number of amides is 2. The van der Waals surface area contributed by atoms with Crippen LogP contribution in [0.3, 0.4) is 0 Å². The van der Waals surface area contributed by atoms with Crippen molar-refractivity contribution in [3.8, 4) is 5.75 Å². The molecule has 2 amide bonds.